The first-order valence-electron chi connectivity index (χ1n) is 5.16. The van der Waals surface area contributed by atoms with Crippen LogP contribution in [0.5, 0.6) is 5.88 Å². The second-order valence-electron chi connectivity index (χ2n) is 3.65. The first-order valence-corrected chi connectivity index (χ1v) is 5.16. The van der Waals surface area contributed by atoms with Crippen molar-refractivity contribution in [2.24, 2.45) is 0 Å². The second-order valence-corrected chi connectivity index (χ2v) is 3.65. The predicted octanol–water partition coefficient (Wildman–Crippen LogP) is 1.98. The maximum absolute atomic E-state index is 11.9. The third kappa shape index (κ3) is 2.63. The highest BCUT2D eigenvalue weighted by Crippen LogP contribution is 2.13. The van der Waals surface area contributed by atoms with Crippen molar-refractivity contribution in [2.75, 3.05) is 12.4 Å². The number of methoxy groups -OCH3 is 1. The molecule has 0 bridgehead atoms. The Morgan fingerprint density at radius 2 is 2.24 bits per heavy atom. The van der Waals surface area contributed by atoms with Crippen LogP contribution in [-0.2, 0) is 0 Å². The van der Waals surface area contributed by atoms with Crippen molar-refractivity contribution in [3.05, 3.63) is 41.5 Å². The van der Waals surface area contributed by atoms with Gasteiger partial charge in [0.25, 0.3) is 5.91 Å². The molecule has 0 spiro atoms. The minimum atomic E-state index is -0.181. The van der Waals surface area contributed by atoms with Gasteiger partial charge in [-0.3, -0.25) is 9.89 Å². The Morgan fingerprint density at radius 1 is 1.41 bits per heavy atom. The summed E-state index contributed by atoms with van der Waals surface area (Å²) in [6, 6.07) is 8.99. The van der Waals surface area contributed by atoms with Crippen LogP contribution in [0, 0.1) is 6.92 Å². The van der Waals surface area contributed by atoms with Crippen molar-refractivity contribution in [1.82, 2.24) is 10.2 Å². The highest BCUT2D eigenvalue weighted by Gasteiger charge is 2.08. The lowest BCUT2D eigenvalue weighted by molar-refractivity contribution is 0.102. The smallest absolute Gasteiger partial charge is 0.256 e. The summed E-state index contributed by atoms with van der Waals surface area (Å²) in [6.45, 7) is 1.94. The minimum Gasteiger partial charge on any atom is -0.480 e. The van der Waals surface area contributed by atoms with Crippen LogP contribution in [0.3, 0.4) is 0 Å². The standard InChI is InChI=1S/C12H13N3O2/c1-8-4-3-5-9(6-8)12(16)13-10-7-11(17-2)15-14-10/h3-7H,1-2H3,(H2,13,14,15,16). The highest BCUT2D eigenvalue weighted by atomic mass is 16.5. The van der Waals surface area contributed by atoms with Gasteiger partial charge in [0.2, 0.25) is 5.88 Å². The molecule has 0 aliphatic rings. The van der Waals surface area contributed by atoms with Crippen LogP contribution in [0.25, 0.3) is 0 Å². The molecule has 1 amide bonds. The van der Waals surface area contributed by atoms with E-state index in [2.05, 4.69) is 15.5 Å². The maximum Gasteiger partial charge on any atom is 0.256 e. The van der Waals surface area contributed by atoms with Crippen molar-refractivity contribution in [3.63, 3.8) is 0 Å². The average Bonchev–Trinajstić information content (AvgIpc) is 2.77. The lowest BCUT2D eigenvalue weighted by atomic mass is 10.1. The van der Waals surface area contributed by atoms with Gasteiger partial charge in [-0.05, 0) is 19.1 Å². The van der Waals surface area contributed by atoms with Crippen molar-refractivity contribution in [3.8, 4) is 5.88 Å². The van der Waals surface area contributed by atoms with Crippen LogP contribution >= 0.6 is 0 Å². The van der Waals surface area contributed by atoms with Crippen molar-refractivity contribution in [2.45, 2.75) is 6.92 Å². The zero-order valence-corrected chi connectivity index (χ0v) is 9.65. The van der Waals surface area contributed by atoms with E-state index in [0.717, 1.165) is 5.56 Å². The Labute approximate surface area is 98.8 Å². The van der Waals surface area contributed by atoms with Gasteiger partial charge in [0, 0.05) is 11.6 Å². The molecule has 2 N–H and O–H groups in total. The van der Waals surface area contributed by atoms with Gasteiger partial charge >= 0.3 is 0 Å². The Balaban J connectivity index is 2.11. The average molecular weight is 231 g/mol. The molecule has 0 saturated heterocycles. The number of hydrogen-bond acceptors (Lipinski definition) is 3. The van der Waals surface area contributed by atoms with E-state index in [9.17, 15) is 4.79 Å². The molecule has 0 fully saturated rings. The molecular weight excluding hydrogens is 218 g/mol. The molecule has 1 heterocycles. The topological polar surface area (TPSA) is 67.0 Å². The number of ether oxygens (including phenoxy) is 1. The highest BCUT2D eigenvalue weighted by molar-refractivity contribution is 6.03. The molecule has 0 aliphatic carbocycles. The van der Waals surface area contributed by atoms with E-state index in [1.165, 1.54) is 7.11 Å². The van der Waals surface area contributed by atoms with Gasteiger partial charge in [-0.15, -0.1) is 5.10 Å². The molecule has 5 heteroatoms. The molecule has 0 unspecified atom stereocenters. The van der Waals surface area contributed by atoms with Crippen molar-refractivity contribution < 1.29 is 9.53 Å². The van der Waals surface area contributed by atoms with Crippen molar-refractivity contribution in [1.29, 1.82) is 0 Å². The SMILES string of the molecule is COc1cc(NC(=O)c2cccc(C)c2)[nH]n1. The lowest BCUT2D eigenvalue weighted by Crippen LogP contribution is -2.12. The molecule has 2 rings (SSSR count). The van der Waals surface area contributed by atoms with Gasteiger partial charge in [-0.1, -0.05) is 17.7 Å². The van der Waals surface area contributed by atoms with Crippen LogP contribution in [0.2, 0.25) is 0 Å². The fraction of sp³-hybridized carbons (Fsp3) is 0.167. The number of carbonyl (C=O) groups is 1. The number of anilines is 1. The third-order valence-electron chi connectivity index (χ3n) is 2.29. The van der Waals surface area contributed by atoms with E-state index in [0.29, 0.717) is 17.3 Å². The number of carbonyl (C=O) groups excluding carboxylic acids is 1. The van der Waals surface area contributed by atoms with E-state index in [1.807, 2.05) is 25.1 Å². The summed E-state index contributed by atoms with van der Waals surface area (Å²) in [7, 11) is 1.52. The minimum absolute atomic E-state index is 0.181. The number of rotatable bonds is 3. The van der Waals surface area contributed by atoms with Crippen LogP contribution in [0.1, 0.15) is 15.9 Å². The Hall–Kier alpha value is -2.30. The maximum atomic E-state index is 11.9. The summed E-state index contributed by atoms with van der Waals surface area (Å²) < 4.78 is 4.91. The quantitative estimate of drug-likeness (QED) is 0.848. The van der Waals surface area contributed by atoms with Gasteiger partial charge in [-0.2, -0.15) is 0 Å². The normalized spacial score (nSPS) is 10.0. The van der Waals surface area contributed by atoms with Crippen LogP contribution in [0.15, 0.2) is 30.3 Å². The first-order chi connectivity index (χ1) is 8.19. The van der Waals surface area contributed by atoms with Gasteiger partial charge < -0.3 is 10.1 Å². The molecule has 1 aromatic heterocycles. The number of nitrogens with one attached hydrogen (secondary N) is 2. The number of aryl methyl sites for hydroxylation is 1. The number of benzene rings is 1. The monoisotopic (exact) mass is 231 g/mol. The molecule has 0 aliphatic heterocycles. The third-order valence-corrected chi connectivity index (χ3v) is 2.29. The number of aromatic amines is 1. The van der Waals surface area contributed by atoms with E-state index >= 15 is 0 Å². The summed E-state index contributed by atoms with van der Waals surface area (Å²) in [5, 5.41) is 9.21. The number of aromatic nitrogens is 2. The summed E-state index contributed by atoms with van der Waals surface area (Å²) in [4.78, 5) is 11.9. The van der Waals surface area contributed by atoms with Crippen LogP contribution < -0.4 is 10.1 Å². The summed E-state index contributed by atoms with van der Waals surface area (Å²) in [6.07, 6.45) is 0. The van der Waals surface area contributed by atoms with Crippen LogP contribution in [0.4, 0.5) is 5.82 Å². The van der Waals surface area contributed by atoms with Gasteiger partial charge in [0.1, 0.15) is 5.82 Å². The van der Waals surface area contributed by atoms with E-state index in [1.54, 1.807) is 12.1 Å². The van der Waals surface area contributed by atoms with Gasteiger partial charge in [0.05, 0.1) is 7.11 Å². The van der Waals surface area contributed by atoms with E-state index in [-0.39, 0.29) is 5.91 Å². The lowest BCUT2D eigenvalue weighted by Gasteiger charge is -2.02. The van der Waals surface area contributed by atoms with Gasteiger partial charge in [0.15, 0.2) is 0 Å². The number of nitrogens with zero attached hydrogens (tertiary/aromatic N) is 1. The number of hydrogen-bond donors (Lipinski definition) is 2. The zero-order chi connectivity index (χ0) is 12.3. The molecule has 1 aromatic carbocycles. The van der Waals surface area contributed by atoms with E-state index < -0.39 is 0 Å². The molecule has 0 radical (unpaired) electrons. The summed E-state index contributed by atoms with van der Waals surface area (Å²) in [5.74, 6) is 0.762. The Morgan fingerprint density at radius 3 is 2.88 bits per heavy atom. The number of H-pyrrole nitrogens is 1. The fourth-order valence-corrected chi connectivity index (χ4v) is 1.45. The zero-order valence-electron chi connectivity index (χ0n) is 9.65. The molecule has 0 saturated carbocycles. The molecule has 2 aromatic rings. The summed E-state index contributed by atoms with van der Waals surface area (Å²) >= 11 is 0. The largest absolute Gasteiger partial charge is 0.480 e. The van der Waals surface area contributed by atoms with E-state index in [4.69, 9.17) is 4.74 Å². The van der Waals surface area contributed by atoms with Crippen LogP contribution in [-0.4, -0.2) is 23.2 Å². The predicted molar refractivity (Wildman–Crippen MR) is 64.3 cm³/mol. The van der Waals surface area contributed by atoms with Crippen molar-refractivity contribution >= 4 is 11.7 Å². The molecule has 0 atom stereocenters. The Kier molecular flexibility index (Phi) is 3.09. The molecule has 88 valence electrons. The number of amides is 1. The summed E-state index contributed by atoms with van der Waals surface area (Å²) in [5.41, 5.74) is 1.65. The Bertz CT molecular complexity index is 534. The second kappa shape index (κ2) is 4.69. The molecule has 17 heavy (non-hydrogen) atoms. The first kappa shape index (κ1) is 11.2. The molecule has 5 nitrogen and oxygen atoms in total. The molecular formula is C12H13N3O2. The fourth-order valence-electron chi connectivity index (χ4n) is 1.45. The van der Waals surface area contributed by atoms with Gasteiger partial charge in [-0.25, -0.2) is 0 Å².